The summed E-state index contributed by atoms with van der Waals surface area (Å²) in [7, 11) is -1.29. The molecular formula is C10H20O3S. The monoisotopic (exact) mass is 220 g/mol. The van der Waals surface area contributed by atoms with Gasteiger partial charge in [-0.2, -0.15) is 0 Å². The van der Waals surface area contributed by atoms with Gasteiger partial charge in [-0.15, -0.1) is 0 Å². The standard InChI is InChI=1S/C10H20O3S/c1-5-6-8(2)7-14(13)10(3,4)9(11)12/h8H,5-7H2,1-4H3,(H,11,12). The summed E-state index contributed by atoms with van der Waals surface area (Å²) in [4.78, 5) is 10.8. The summed E-state index contributed by atoms with van der Waals surface area (Å²) in [6.07, 6.45) is 2.05. The SMILES string of the molecule is CCCC(C)CS(=O)C(C)(C)C(=O)O. The summed E-state index contributed by atoms with van der Waals surface area (Å²) < 4.78 is 10.6. The summed E-state index contributed by atoms with van der Waals surface area (Å²) in [5.41, 5.74) is 0. The molecule has 0 heterocycles. The van der Waals surface area contributed by atoms with Crippen molar-refractivity contribution >= 4 is 16.8 Å². The average Bonchev–Trinajstić information content (AvgIpc) is 2.03. The van der Waals surface area contributed by atoms with Crippen LogP contribution in [0.4, 0.5) is 0 Å². The highest BCUT2D eigenvalue weighted by Crippen LogP contribution is 2.17. The molecule has 3 nitrogen and oxygen atoms in total. The molecule has 0 radical (unpaired) electrons. The van der Waals surface area contributed by atoms with Gasteiger partial charge in [0.1, 0.15) is 4.75 Å². The molecule has 0 aliphatic carbocycles. The first-order valence-corrected chi connectivity index (χ1v) is 6.26. The summed E-state index contributed by atoms with van der Waals surface area (Å²) in [5, 5.41) is 8.86. The van der Waals surface area contributed by atoms with Crippen molar-refractivity contribution in [1.29, 1.82) is 0 Å². The Bertz CT molecular complexity index is 223. The highest BCUT2D eigenvalue weighted by molar-refractivity contribution is 7.87. The van der Waals surface area contributed by atoms with E-state index in [0.29, 0.717) is 11.7 Å². The van der Waals surface area contributed by atoms with Crippen molar-refractivity contribution in [2.24, 2.45) is 5.92 Å². The average molecular weight is 220 g/mol. The van der Waals surface area contributed by atoms with Gasteiger partial charge >= 0.3 is 5.97 Å². The van der Waals surface area contributed by atoms with Gasteiger partial charge in [-0.25, -0.2) is 0 Å². The van der Waals surface area contributed by atoms with Crippen molar-refractivity contribution in [3.05, 3.63) is 0 Å². The molecule has 0 spiro atoms. The second kappa shape index (κ2) is 5.49. The smallest absolute Gasteiger partial charge is 0.321 e. The van der Waals surface area contributed by atoms with E-state index in [0.717, 1.165) is 12.8 Å². The maximum absolute atomic E-state index is 11.7. The zero-order valence-electron chi connectivity index (χ0n) is 9.37. The number of carbonyl (C=O) groups is 1. The van der Waals surface area contributed by atoms with E-state index in [1.165, 1.54) is 13.8 Å². The molecule has 4 heteroatoms. The van der Waals surface area contributed by atoms with E-state index in [-0.39, 0.29) is 0 Å². The van der Waals surface area contributed by atoms with Gasteiger partial charge in [0.05, 0.1) is 0 Å². The quantitative estimate of drug-likeness (QED) is 0.745. The maximum Gasteiger partial charge on any atom is 0.321 e. The molecule has 84 valence electrons. The molecule has 0 aliphatic rings. The molecule has 0 aromatic heterocycles. The van der Waals surface area contributed by atoms with Gasteiger partial charge in [-0.3, -0.25) is 9.00 Å². The number of hydrogen-bond acceptors (Lipinski definition) is 2. The molecule has 0 amide bonds. The van der Waals surface area contributed by atoms with Crippen LogP contribution in [-0.4, -0.2) is 25.8 Å². The van der Waals surface area contributed by atoms with Crippen molar-refractivity contribution in [1.82, 2.24) is 0 Å². The van der Waals surface area contributed by atoms with Crippen LogP contribution in [0.3, 0.4) is 0 Å². The van der Waals surface area contributed by atoms with Crippen LogP contribution in [0.15, 0.2) is 0 Å². The van der Waals surface area contributed by atoms with Crippen molar-refractivity contribution in [2.75, 3.05) is 5.75 Å². The number of hydrogen-bond donors (Lipinski definition) is 1. The minimum absolute atomic E-state index is 0.333. The summed E-state index contributed by atoms with van der Waals surface area (Å²) in [6.45, 7) is 7.12. The Morgan fingerprint density at radius 1 is 1.50 bits per heavy atom. The van der Waals surface area contributed by atoms with Crippen LogP contribution in [0.2, 0.25) is 0 Å². The molecule has 1 N–H and O–H groups in total. The largest absolute Gasteiger partial charge is 0.480 e. The summed E-state index contributed by atoms with van der Waals surface area (Å²) in [6, 6.07) is 0. The topological polar surface area (TPSA) is 54.4 Å². The zero-order valence-corrected chi connectivity index (χ0v) is 10.2. The lowest BCUT2D eigenvalue weighted by molar-refractivity contribution is -0.139. The Labute approximate surface area is 88.4 Å². The van der Waals surface area contributed by atoms with Gasteiger partial charge in [-0.05, 0) is 19.8 Å². The fourth-order valence-electron chi connectivity index (χ4n) is 1.14. The molecule has 14 heavy (non-hydrogen) atoms. The van der Waals surface area contributed by atoms with Crippen LogP contribution in [0, 0.1) is 5.92 Å². The lowest BCUT2D eigenvalue weighted by Crippen LogP contribution is -2.38. The molecule has 0 aromatic rings. The lowest BCUT2D eigenvalue weighted by atomic mass is 10.1. The van der Waals surface area contributed by atoms with Gasteiger partial charge < -0.3 is 5.11 Å². The van der Waals surface area contributed by atoms with E-state index >= 15 is 0 Å². The van der Waals surface area contributed by atoms with Crippen molar-refractivity contribution in [3.63, 3.8) is 0 Å². The van der Waals surface area contributed by atoms with Gasteiger partial charge in [0.25, 0.3) is 0 Å². The Morgan fingerprint density at radius 3 is 2.36 bits per heavy atom. The van der Waals surface area contributed by atoms with E-state index in [9.17, 15) is 9.00 Å². The molecule has 0 saturated heterocycles. The van der Waals surface area contributed by atoms with Crippen LogP contribution < -0.4 is 0 Å². The fraction of sp³-hybridized carbons (Fsp3) is 0.900. The third kappa shape index (κ3) is 3.78. The molecule has 0 aliphatic heterocycles. The molecule has 2 atom stereocenters. The summed E-state index contributed by atoms with van der Waals surface area (Å²) >= 11 is 0. The second-order valence-corrected chi connectivity index (χ2v) is 6.27. The van der Waals surface area contributed by atoms with Crippen LogP contribution >= 0.6 is 0 Å². The first-order valence-electron chi connectivity index (χ1n) is 4.94. The number of rotatable bonds is 6. The van der Waals surface area contributed by atoms with Crippen LogP contribution in [0.5, 0.6) is 0 Å². The van der Waals surface area contributed by atoms with Gasteiger partial charge in [-0.1, -0.05) is 26.7 Å². The second-order valence-electron chi connectivity index (χ2n) is 4.22. The lowest BCUT2D eigenvalue weighted by Gasteiger charge is -2.20. The number of carboxylic acids is 1. The first kappa shape index (κ1) is 13.6. The Hall–Kier alpha value is -0.380. The van der Waals surface area contributed by atoms with E-state index in [2.05, 4.69) is 6.92 Å². The summed E-state index contributed by atoms with van der Waals surface area (Å²) in [5.74, 6) is -0.174. The number of carboxylic acid groups (broad SMARTS) is 1. The van der Waals surface area contributed by atoms with Gasteiger partial charge in [0, 0.05) is 16.6 Å². The Balaban J connectivity index is 4.27. The Kier molecular flexibility index (Phi) is 5.34. The van der Waals surface area contributed by atoms with Crippen LogP contribution in [0.25, 0.3) is 0 Å². The predicted octanol–water partition coefficient (Wildman–Crippen LogP) is 2.03. The molecule has 0 aromatic carbocycles. The minimum atomic E-state index is -1.29. The first-order chi connectivity index (χ1) is 6.32. The normalized spacial score (nSPS) is 16.3. The van der Waals surface area contributed by atoms with Crippen molar-refractivity contribution < 1.29 is 14.1 Å². The van der Waals surface area contributed by atoms with Crippen molar-refractivity contribution in [2.45, 2.75) is 45.3 Å². The molecule has 0 saturated carbocycles. The van der Waals surface area contributed by atoms with E-state index in [1.54, 1.807) is 0 Å². The Morgan fingerprint density at radius 2 is 2.00 bits per heavy atom. The van der Waals surface area contributed by atoms with Crippen molar-refractivity contribution in [3.8, 4) is 0 Å². The highest BCUT2D eigenvalue weighted by atomic mass is 32.2. The van der Waals surface area contributed by atoms with Crippen LogP contribution in [0.1, 0.15) is 40.5 Å². The third-order valence-electron chi connectivity index (χ3n) is 2.30. The highest BCUT2D eigenvalue weighted by Gasteiger charge is 2.34. The minimum Gasteiger partial charge on any atom is -0.480 e. The van der Waals surface area contributed by atoms with Gasteiger partial charge in [0.2, 0.25) is 0 Å². The molecule has 0 fully saturated rings. The van der Waals surface area contributed by atoms with E-state index < -0.39 is 21.5 Å². The molecular weight excluding hydrogens is 200 g/mol. The van der Waals surface area contributed by atoms with E-state index in [4.69, 9.17) is 5.11 Å². The molecule has 0 rings (SSSR count). The predicted molar refractivity (Wildman–Crippen MR) is 58.8 cm³/mol. The van der Waals surface area contributed by atoms with Crippen LogP contribution in [-0.2, 0) is 15.6 Å². The number of aliphatic carboxylic acids is 1. The zero-order chi connectivity index (χ0) is 11.4. The fourth-order valence-corrected chi connectivity index (χ4v) is 2.44. The maximum atomic E-state index is 11.7. The van der Waals surface area contributed by atoms with Gasteiger partial charge in [0.15, 0.2) is 0 Å². The van der Waals surface area contributed by atoms with E-state index in [1.807, 2.05) is 6.92 Å². The molecule has 2 unspecified atom stereocenters. The molecule has 0 bridgehead atoms. The third-order valence-corrected chi connectivity index (χ3v) is 4.49.